The van der Waals surface area contributed by atoms with Gasteiger partial charge in [-0.1, -0.05) is 19.9 Å². The van der Waals surface area contributed by atoms with Crippen molar-refractivity contribution in [2.24, 2.45) is 11.3 Å². The van der Waals surface area contributed by atoms with Gasteiger partial charge in [-0.3, -0.25) is 9.59 Å². The first-order chi connectivity index (χ1) is 15.7. The minimum absolute atomic E-state index is 0.0466. The summed E-state index contributed by atoms with van der Waals surface area (Å²) in [7, 11) is 0. The van der Waals surface area contributed by atoms with Crippen LogP contribution in [0.5, 0.6) is 17.2 Å². The lowest BCUT2D eigenvalue weighted by atomic mass is 9.92. The first-order valence-electron chi connectivity index (χ1n) is 11.2. The van der Waals surface area contributed by atoms with Crippen LogP contribution in [-0.4, -0.2) is 31.8 Å². The minimum Gasteiger partial charge on any atom is -0.490 e. The van der Waals surface area contributed by atoms with E-state index in [2.05, 4.69) is 19.2 Å². The van der Waals surface area contributed by atoms with E-state index in [1.807, 2.05) is 43.0 Å². The molecule has 0 atom stereocenters. The van der Waals surface area contributed by atoms with Gasteiger partial charge in [-0.15, -0.1) is 0 Å². The zero-order valence-electron chi connectivity index (χ0n) is 19.5. The molecule has 1 N–H and O–H groups in total. The molecule has 2 aliphatic rings. The largest absolute Gasteiger partial charge is 0.490 e. The number of carbonyl (C=O) groups is 2. The molecule has 7 nitrogen and oxygen atoms in total. The molecular weight excluding hydrogens is 420 g/mol. The zero-order valence-corrected chi connectivity index (χ0v) is 19.5. The summed E-state index contributed by atoms with van der Waals surface area (Å²) in [6.45, 7) is 9.18. The number of benzene rings is 2. The molecule has 4 rings (SSSR count). The highest BCUT2D eigenvalue weighted by molar-refractivity contribution is 6.03. The van der Waals surface area contributed by atoms with Crippen LogP contribution < -0.4 is 24.4 Å². The summed E-state index contributed by atoms with van der Waals surface area (Å²) >= 11 is 0. The van der Waals surface area contributed by atoms with Gasteiger partial charge in [-0.25, -0.2) is 0 Å². The smallest absolute Gasteiger partial charge is 0.248 e. The molecule has 2 heterocycles. The van der Waals surface area contributed by atoms with Crippen LogP contribution in [0.1, 0.15) is 39.7 Å². The summed E-state index contributed by atoms with van der Waals surface area (Å²) in [5.41, 5.74) is 1.54. The van der Waals surface area contributed by atoms with Crippen molar-refractivity contribution < 1.29 is 23.8 Å². The van der Waals surface area contributed by atoms with Crippen molar-refractivity contribution in [3.8, 4) is 17.2 Å². The molecule has 0 aromatic heterocycles. The predicted molar refractivity (Wildman–Crippen MR) is 128 cm³/mol. The SMILES string of the molecule is CC(C)CCN1C(=O)C(C)(C)COc2cc(NC(=O)/C=C/c3ccc4c(c3)OCO4)ccc21. The Morgan fingerprint density at radius 2 is 1.88 bits per heavy atom. The minimum atomic E-state index is -0.632. The molecular formula is C26H30N2O5. The highest BCUT2D eigenvalue weighted by Gasteiger charge is 2.37. The van der Waals surface area contributed by atoms with Crippen molar-refractivity contribution in [1.82, 2.24) is 0 Å². The van der Waals surface area contributed by atoms with Crippen LogP contribution >= 0.6 is 0 Å². The third kappa shape index (κ3) is 5.13. The van der Waals surface area contributed by atoms with Gasteiger partial charge in [-0.2, -0.15) is 0 Å². The lowest BCUT2D eigenvalue weighted by Crippen LogP contribution is -2.42. The van der Waals surface area contributed by atoms with Gasteiger partial charge in [0.05, 0.1) is 11.1 Å². The molecule has 0 spiro atoms. The topological polar surface area (TPSA) is 77.1 Å². The molecule has 0 bridgehead atoms. The molecule has 174 valence electrons. The third-order valence-corrected chi connectivity index (χ3v) is 5.68. The van der Waals surface area contributed by atoms with Gasteiger partial charge >= 0.3 is 0 Å². The number of amides is 2. The second kappa shape index (κ2) is 9.17. The fraction of sp³-hybridized carbons (Fsp3) is 0.385. The molecule has 0 aliphatic carbocycles. The maximum Gasteiger partial charge on any atom is 0.248 e. The lowest BCUT2D eigenvalue weighted by molar-refractivity contribution is -0.127. The highest BCUT2D eigenvalue weighted by atomic mass is 16.7. The number of hydrogen-bond acceptors (Lipinski definition) is 5. The molecule has 2 aromatic carbocycles. The summed E-state index contributed by atoms with van der Waals surface area (Å²) in [5, 5.41) is 2.87. The number of nitrogens with zero attached hydrogens (tertiary/aromatic N) is 1. The van der Waals surface area contributed by atoms with Crippen LogP contribution in [-0.2, 0) is 9.59 Å². The van der Waals surface area contributed by atoms with E-state index >= 15 is 0 Å². The summed E-state index contributed by atoms with van der Waals surface area (Å²) in [4.78, 5) is 27.5. The second-order valence-electron chi connectivity index (χ2n) is 9.43. The predicted octanol–water partition coefficient (Wildman–Crippen LogP) is 4.86. The van der Waals surface area contributed by atoms with Crippen LogP contribution in [0, 0.1) is 11.3 Å². The van der Waals surface area contributed by atoms with E-state index in [9.17, 15) is 9.59 Å². The maximum atomic E-state index is 13.1. The fourth-order valence-electron chi connectivity index (χ4n) is 3.71. The zero-order chi connectivity index (χ0) is 23.6. The number of rotatable bonds is 6. The summed E-state index contributed by atoms with van der Waals surface area (Å²) in [6.07, 6.45) is 4.07. The van der Waals surface area contributed by atoms with Gasteiger partial charge in [-0.05, 0) is 62.1 Å². The Hall–Kier alpha value is -3.48. The van der Waals surface area contributed by atoms with Gasteiger partial charge in [0.15, 0.2) is 11.5 Å². The van der Waals surface area contributed by atoms with Crippen molar-refractivity contribution >= 4 is 29.3 Å². The first kappa shape index (κ1) is 22.7. The van der Waals surface area contributed by atoms with E-state index < -0.39 is 5.41 Å². The van der Waals surface area contributed by atoms with Crippen molar-refractivity contribution in [2.45, 2.75) is 34.1 Å². The maximum absolute atomic E-state index is 13.1. The van der Waals surface area contributed by atoms with Crippen molar-refractivity contribution in [3.63, 3.8) is 0 Å². The highest BCUT2D eigenvalue weighted by Crippen LogP contribution is 2.38. The molecule has 33 heavy (non-hydrogen) atoms. The van der Waals surface area contributed by atoms with Crippen LogP contribution in [0.2, 0.25) is 0 Å². The van der Waals surface area contributed by atoms with Crippen molar-refractivity contribution in [2.75, 3.05) is 30.2 Å². The first-order valence-corrected chi connectivity index (χ1v) is 11.2. The molecule has 0 unspecified atom stereocenters. The summed E-state index contributed by atoms with van der Waals surface area (Å²) in [5.74, 6) is 2.21. The quantitative estimate of drug-likeness (QED) is 0.636. The number of ether oxygens (including phenoxy) is 3. The van der Waals surface area contributed by atoms with Crippen molar-refractivity contribution in [1.29, 1.82) is 0 Å². The third-order valence-electron chi connectivity index (χ3n) is 5.68. The normalized spacial score (nSPS) is 16.5. The van der Waals surface area contributed by atoms with E-state index in [0.717, 1.165) is 17.7 Å². The van der Waals surface area contributed by atoms with Gasteiger partial charge in [0.1, 0.15) is 12.4 Å². The average Bonchev–Trinajstić information content (AvgIpc) is 3.21. The van der Waals surface area contributed by atoms with Gasteiger partial charge < -0.3 is 24.4 Å². The number of nitrogens with one attached hydrogen (secondary N) is 1. The Labute approximate surface area is 194 Å². The van der Waals surface area contributed by atoms with Gasteiger partial charge in [0.25, 0.3) is 0 Å². The van der Waals surface area contributed by atoms with E-state index in [-0.39, 0.29) is 25.2 Å². The standard InChI is InChI=1S/C26H30N2O5/c1-17(2)11-12-28-20-8-7-19(14-22(20)31-15-26(3,4)25(28)30)27-24(29)10-6-18-5-9-21-23(13-18)33-16-32-21/h5-10,13-14,17H,11-12,15-16H2,1-4H3,(H,27,29)/b10-6+. The molecule has 2 aliphatic heterocycles. The second-order valence-corrected chi connectivity index (χ2v) is 9.43. The van der Waals surface area contributed by atoms with E-state index in [1.165, 1.54) is 6.08 Å². The average molecular weight is 451 g/mol. The molecule has 0 radical (unpaired) electrons. The molecule has 0 saturated carbocycles. The van der Waals surface area contributed by atoms with E-state index in [1.54, 1.807) is 18.2 Å². The van der Waals surface area contributed by atoms with Crippen LogP contribution in [0.4, 0.5) is 11.4 Å². The lowest BCUT2D eigenvalue weighted by Gasteiger charge is -2.28. The number of hydrogen-bond donors (Lipinski definition) is 1. The van der Waals surface area contributed by atoms with E-state index in [4.69, 9.17) is 14.2 Å². The van der Waals surface area contributed by atoms with Gasteiger partial charge in [0.2, 0.25) is 18.6 Å². The van der Waals surface area contributed by atoms with E-state index in [0.29, 0.717) is 35.4 Å². The number of anilines is 2. The monoisotopic (exact) mass is 450 g/mol. The summed E-state index contributed by atoms with van der Waals surface area (Å²) < 4.78 is 16.7. The summed E-state index contributed by atoms with van der Waals surface area (Å²) in [6, 6.07) is 10.9. The van der Waals surface area contributed by atoms with Crippen molar-refractivity contribution in [3.05, 3.63) is 48.0 Å². The van der Waals surface area contributed by atoms with Crippen LogP contribution in [0.25, 0.3) is 6.08 Å². The Morgan fingerprint density at radius 1 is 1.09 bits per heavy atom. The Morgan fingerprint density at radius 3 is 2.67 bits per heavy atom. The molecule has 7 heteroatoms. The fourth-order valence-corrected chi connectivity index (χ4v) is 3.71. The Balaban J connectivity index is 1.49. The molecule has 0 saturated heterocycles. The Kier molecular flexibility index (Phi) is 6.31. The van der Waals surface area contributed by atoms with Crippen LogP contribution in [0.15, 0.2) is 42.5 Å². The number of fused-ring (bicyclic) bond motifs is 2. The molecule has 0 fully saturated rings. The van der Waals surface area contributed by atoms with Gasteiger partial charge in [0, 0.05) is 24.4 Å². The Bertz CT molecular complexity index is 1090. The molecule has 2 amide bonds. The number of carbonyl (C=O) groups excluding carboxylic acids is 2. The molecule has 2 aromatic rings. The van der Waals surface area contributed by atoms with Crippen LogP contribution in [0.3, 0.4) is 0 Å².